The molecule has 1 aliphatic carbocycles. The normalized spacial score (nSPS) is 13.7. The summed E-state index contributed by atoms with van der Waals surface area (Å²) >= 11 is 0. The first kappa shape index (κ1) is 40.2. The van der Waals surface area contributed by atoms with Gasteiger partial charge in [0.1, 0.15) is 69.0 Å². The van der Waals surface area contributed by atoms with Gasteiger partial charge >= 0.3 is 17.9 Å². The Morgan fingerprint density at radius 1 is 0.754 bits per heavy atom. The Morgan fingerprint density at radius 2 is 1.42 bits per heavy atom. The van der Waals surface area contributed by atoms with Crippen LogP contribution in [0.1, 0.15) is 5.56 Å². The van der Waals surface area contributed by atoms with Gasteiger partial charge in [-0.1, -0.05) is 6.07 Å². The molecule has 300 valence electrons. The van der Waals surface area contributed by atoms with Crippen LogP contribution in [0.2, 0.25) is 0 Å². The van der Waals surface area contributed by atoms with Crippen molar-refractivity contribution in [3.8, 4) is 39.7 Å². The highest BCUT2D eigenvalue weighted by Crippen LogP contribution is 2.48. The number of rotatable bonds is 9. The molecule has 15 heteroatoms. The number of nitrogens with zero attached hydrogens (tertiary/aromatic N) is 4. The van der Waals surface area contributed by atoms with Crippen LogP contribution in [0.15, 0.2) is 71.1 Å². The minimum Gasteiger partial charge on any atom is -0.488 e. The van der Waals surface area contributed by atoms with Crippen LogP contribution in [0.3, 0.4) is 0 Å². The monoisotopic (exact) mass is 783 g/mol. The second kappa shape index (κ2) is 17.5. The zero-order valence-corrected chi connectivity index (χ0v) is 32.6. The van der Waals surface area contributed by atoms with Gasteiger partial charge in [-0.25, -0.2) is 9.37 Å². The molecule has 0 spiro atoms. The molecular formula is C42H47N4O11+. The van der Waals surface area contributed by atoms with E-state index in [0.717, 1.165) is 27.6 Å². The second-order valence-electron chi connectivity index (χ2n) is 14.0. The summed E-state index contributed by atoms with van der Waals surface area (Å²) in [5.74, 6) is -1.81. The lowest BCUT2D eigenvalue weighted by molar-refractivity contribution is -0.139. The van der Waals surface area contributed by atoms with Crippen molar-refractivity contribution >= 4 is 45.9 Å². The summed E-state index contributed by atoms with van der Waals surface area (Å²) in [7, 11) is 7.73. The van der Waals surface area contributed by atoms with E-state index < -0.39 is 31.1 Å². The number of carboxylic acids is 3. The summed E-state index contributed by atoms with van der Waals surface area (Å²) in [4.78, 5) is 41.3. The van der Waals surface area contributed by atoms with Gasteiger partial charge in [0, 0.05) is 73.1 Å². The van der Waals surface area contributed by atoms with Gasteiger partial charge < -0.3 is 53.4 Å². The summed E-state index contributed by atoms with van der Waals surface area (Å²) in [5.41, 5.74) is 5.22. The van der Waals surface area contributed by atoms with E-state index in [1.165, 1.54) is 0 Å². The number of hydrogen-bond acceptors (Lipinski definition) is 11. The average molecular weight is 784 g/mol. The fourth-order valence-corrected chi connectivity index (χ4v) is 6.73. The Bertz CT molecular complexity index is 2330. The summed E-state index contributed by atoms with van der Waals surface area (Å²) in [6.07, 6.45) is 0. The highest BCUT2D eigenvalue weighted by Gasteiger charge is 2.26. The molecule has 0 bridgehead atoms. The lowest BCUT2D eigenvalue weighted by Crippen LogP contribution is -2.35. The fourth-order valence-electron chi connectivity index (χ4n) is 6.73. The van der Waals surface area contributed by atoms with Crippen LogP contribution in [0.25, 0.3) is 33.4 Å². The predicted octanol–water partition coefficient (Wildman–Crippen LogP) is 4.34. The summed E-state index contributed by atoms with van der Waals surface area (Å²) in [6, 6.07) is 20.5. The van der Waals surface area contributed by atoms with Crippen LogP contribution < -0.4 is 38.8 Å². The molecule has 3 aliphatic rings. The van der Waals surface area contributed by atoms with Crippen molar-refractivity contribution < 1.29 is 53.1 Å². The van der Waals surface area contributed by atoms with E-state index in [2.05, 4.69) is 0 Å². The summed E-state index contributed by atoms with van der Waals surface area (Å²) in [6.45, 7) is 1.11. The lowest BCUT2D eigenvalue weighted by atomic mass is 9.92. The van der Waals surface area contributed by atoms with Crippen LogP contribution in [0.5, 0.6) is 17.2 Å². The van der Waals surface area contributed by atoms with Crippen LogP contribution in [-0.2, 0) is 19.1 Å². The quantitative estimate of drug-likeness (QED) is 0.142. The Kier molecular flexibility index (Phi) is 12.4. The molecule has 0 atom stereocenters. The Morgan fingerprint density at radius 3 is 2.05 bits per heavy atom. The van der Waals surface area contributed by atoms with E-state index in [4.69, 9.17) is 23.4 Å². The van der Waals surface area contributed by atoms with E-state index in [0.29, 0.717) is 45.3 Å². The highest BCUT2D eigenvalue weighted by atomic mass is 16.5. The number of anilines is 3. The number of aliphatic carboxylic acids is 3. The molecule has 3 aromatic carbocycles. The van der Waals surface area contributed by atoms with Crippen molar-refractivity contribution in [1.82, 2.24) is 4.58 Å². The maximum absolute atomic E-state index is 12.3. The second-order valence-corrected chi connectivity index (χ2v) is 14.0. The number of carbonyl (C=O) groups is 3. The number of hydrogen-bond donors (Lipinski definition) is 3. The van der Waals surface area contributed by atoms with Gasteiger partial charge in [-0.05, 0) is 48.9 Å². The predicted molar refractivity (Wildman–Crippen MR) is 216 cm³/mol. The van der Waals surface area contributed by atoms with Crippen LogP contribution in [0.4, 0.5) is 17.1 Å². The third-order valence-electron chi connectivity index (χ3n) is 9.46. The largest absolute Gasteiger partial charge is 0.488 e. The molecular weight excluding hydrogens is 736 g/mol. The molecule has 0 unspecified atom stereocenters. The molecule has 0 radical (unpaired) electrons. The minimum atomic E-state index is -1.20. The molecule has 3 aromatic rings. The Labute approximate surface area is 329 Å². The SMILES string of the molecule is Cc1ccc2c(c1)OCCOc1cc(-c3c4ccc(=[N+](C)C)cc-4oc4cc(N(C)C)ccc34)c(OCC(=O)O)cc1N(CC(=O)O)CCOCCN2CC(=O)O. The van der Waals surface area contributed by atoms with Gasteiger partial charge in [-0.2, -0.15) is 0 Å². The first-order chi connectivity index (χ1) is 27.3. The smallest absolute Gasteiger partial charge is 0.341 e. The molecule has 0 amide bonds. The number of aryl methyl sites for hydroxylation is 1. The maximum Gasteiger partial charge on any atom is 0.341 e. The molecule has 0 aromatic heterocycles. The molecule has 0 saturated carbocycles. The van der Waals surface area contributed by atoms with Gasteiger partial charge in [0.25, 0.3) is 0 Å². The Balaban J connectivity index is 1.55. The summed E-state index contributed by atoms with van der Waals surface area (Å²) in [5, 5.41) is 31.1. The van der Waals surface area contributed by atoms with Gasteiger partial charge in [0.15, 0.2) is 6.61 Å². The van der Waals surface area contributed by atoms with Crippen molar-refractivity contribution in [2.45, 2.75) is 6.92 Å². The fraction of sp³-hybridized carbons (Fsp3) is 0.333. The van der Waals surface area contributed by atoms with E-state index in [1.54, 1.807) is 21.9 Å². The molecule has 6 rings (SSSR count). The van der Waals surface area contributed by atoms with Gasteiger partial charge in [0.2, 0.25) is 5.36 Å². The molecule has 2 aliphatic heterocycles. The first-order valence-electron chi connectivity index (χ1n) is 18.4. The van der Waals surface area contributed by atoms with Crippen LogP contribution in [0, 0.1) is 6.92 Å². The van der Waals surface area contributed by atoms with Crippen LogP contribution >= 0.6 is 0 Å². The topological polar surface area (TPSA) is 175 Å². The third kappa shape index (κ3) is 9.50. The number of benzene rings is 4. The van der Waals surface area contributed by atoms with E-state index in [1.807, 2.05) is 99.2 Å². The molecule has 0 fully saturated rings. The maximum atomic E-state index is 12.3. The third-order valence-corrected chi connectivity index (χ3v) is 9.46. The lowest BCUT2D eigenvalue weighted by Gasteiger charge is -2.27. The van der Waals surface area contributed by atoms with Crippen molar-refractivity contribution in [2.75, 3.05) is 102 Å². The molecule has 15 nitrogen and oxygen atoms in total. The van der Waals surface area contributed by atoms with Crippen molar-refractivity contribution in [2.24, 2.45) is 0 Å². The van der Waals surface area contributed by atoms with Gasteiger partial charge in [0.05, 0.1) is 30.7 Å². The van der Waals surface area contributed by atoms with Crippen molar-refractivity contribution in [3.63, 3.8) is 0 Å². The van der Waals surface area contributed by atoms with Crippen molar-refractivity contribution in [1.29, 1.82) is 0 Å². The number of ether oxygens (including phenoxy) is 4. The van der Waals surface area contributed by atoms with E-state index >= 15 is 0 Å². The zero-order chi connectivity index (χ0) is 40.8. The van der Waals surface area contributed by atoms with Crippen molar-refractivity contribution in [3.05, 3.63) is 77.7 Å². The average Bonchev–Trinajstić information content (AvgIpc) is 3.16. The van der Waals surface area contributed by atoms with E-state index in [-0.39, 0.29) is 51.8 Å². The molecule has 57 heavy (non-hydrogen) atoms. The van der Waals surface area contributed by atoms with Gasteiger partial charge in [-0.15, -0.1) is 0 Å². The number of fused-ring (bicyclic) bond motifs is 4. The highest BCUT2D eigenvalue weighted by molar-refractivity contribution is 6.04. The van der Waals surface area contributed by atoms with E-state index in [9.17, 15) is 29.7 Å². The molecule has 2 heterocycles. The number of carboxylic acid groups (broad SMARTS) is 3. The molecule has 3 N–H and O–H groups in total. The molecule has 0 saturated heterocycles. The standard InChI is InChI=1S/C42H46N4O11/c1-26-6-11-32-37(18-26)54-16-17-55-38-21-31(42-29-9-7-27(43(2)3)19-35(29)57-36-20-28(44(4)5)8-10-30(36)42)34(56-25-41(51)52)22-33(38)46(24-40(49)50)13-15-53-14-12-45(32)23-39(47)48/h6-11,18-22H,12-17,23-25H2,1-5H3,(H2-,47,48,49,50,51,52)/p+1. The zero-order valence-electron chi connectivity index (χ0n) is 32.6. The Hall–Kier alpha value is -6.48. The summed E-state index contributed by atoms with van der Waals surface area (Å²) < 4.78 is 33.2. The minimum absolute atomic E-state index is 0.00943. The first-order valence-corrected chi connectivity index (χ1v) is 18.4. The van der Waals surface area contributed by atoms with Gasteiger partial charge in [-0.3, -0.25) is 9.59 Å². The van der Waals surface area contributed by atoms with Crippen LogP contribution in [-0.4, -0.2) is 121 Å².